The highest BCUT2D eigenvalue weighted by Gasteiger charge is 2.16. The maximum atomic E-state index is 2.33. The van der Waals surface area contributed by atoms with Crippen LogP contribution in [-0.4, -0.2) is 0 Å². The topological polar surface area (TPSA) is 0 Å². The molecule has 8 aromatic rings. The molecule has 0 saturated carbocycles. The molecule has 0 amide bonds. The molecule has 0 bridgehead atoms. The molecule has 0 fully saturated rings. The summed E-state index contributed by atoms with van der Waals surface area (Å²) < 4.78 is 0. The van der Waals surface area contributed by atoms with Gasteiger partial charge in [-0.2, -0.15) is 0 Å². The fourth-order valence-electron chi connectivity index (χ4n) is 6.50. The van der Waals surface area contributed by atoms with Crippen molar-refractivity contribution in [3.63, 3.8) is 0 Å². The van der Waals surface area contributed by atoms with Crippen LogP contribution in [0.2, 0.25) is 0 Å². The number of rotatable bonds is 5. The summed E-state index contributed by atoms with van der Waals surface area (Å²) in [5.41, 5.74) is 9.88. The van der Waals surface area contributed by atoms with E-state index in [1.165, 1.54) is 76.8 Å². The summed E-state index contributed by atoms with van der Waals surface area (Å²) in [5.74, 6) is 0. The van der Waals surface area contributed by atoms with Crippen LogP contribution in [0, 0.1) is 0 Å². The third-order valence-electron chi connectivity index (χ3n) is 8.63. The van der Waals surface area contributed by atoms with Gasteiger partial charge in [0.15, 0.2) is 0 Å². The summed E-state index contributed by atoms with van der Waals surface area (Å²) in [6.07, 6.45) is 4.35. The van der Waals surface area contributed by atoms with Gasteiger partial charge in [0.2, 0.25) is 0 Å². The number of benzene rings is 8. The standard InChI is InChI=1S/C44H30/c1-2-11-31(12-3-1)21-22-32-13-10-16-36(29-32)34-23-26-35(27-24-34)43-39-17-6-8-19-41(39)44(42-20-9-7-18-40(42)43)38-28-25-33-14-4-5-15-37(33)30-38/h1-30H. The Balaban J connectivity index is 1.23. The third kappa shape index (κ3) is 4.77. The van der Waals surface area contributed by atoms with E-state index in [0.717, 1.165) is 0 Å². The van der Waals surface area contributed by atoms with Crippen LogP contribution in [-0.2, 0) is 0 Å². The van der Waals surface area contributed by atoms with Gasteiger partial charge in [-0.25, -0.2) is 0 Å². The molecule has 0 radical (unpaired) electrons. The molecule has 0 heteroatoms. The first kappa shape index (κ1) is 25.9. The number of hydrogen-bond acceptors (Lipinski definition) is 0. The van der Waals surface area contributed by atoms with Crippen LogP contribution in [0.5, 0.6) is 0 Å². The Morgan fingerprint density at radius 1 is 0.273 bits per heavy atom. The molecular formula is C44H30. The van der Waals surface area contributed by atoms with Gasteiger partial charge in [-0.05, 0) is 89.0 Å². The van der Waals surface area contributed by atoms with Crippen molar-refractivity contribution in [2.75, 3.05) is 0 Å². The largest absolute Gasteiger partial charge is 0.0622 e. The molecule has 8 aromatic carbocycles. The van der Waals surface area contributed by atoms with Gasteiger partial charge in [-0.1, -0.05) is 170 Å². The normalized spacial score (nSPS) is 11.5. The third-order valence-corrected chi connectivity index (χ3v) is 8.63. The Morgan fingerprint density at radius 3 is 1.45 bits per heavy atom. The molecular weight excluding hydrogens is 528 g/mol. The fourth-order valence-corrected chi connectivity index (χ4v) is 6.50. The maximum Gasteiger partial charge on any atom is -0.00262 e. The van der Waals surface area contributed by atoms with Crippen molar-refractivity contribution >= 4 is 44.5 Å². The van der Waals surface area contributed by atoms with Gasteiger partial charge in [0.05, 0.1) is 0 Å². The number of hydrogen-bond donors (Lipinski definition) is 0. The van der Waals surface area contributed by atoms with Gasteiger partial charge in [-0.3, -0.25) is 0 Å². The van der Waals surface area contributed by atoms with Crippen LogP contribution < -0.4 is 0 Å². The summed E-state index contributed by atoms with van der Waals surface area (Å²) in [6.45, 7) is 0. The lowest BCUT2D eigenvalue weighted by molar-refractivity contribution is 1.59. The molecule has 0 saturated heterocycles. The van der Waals surface area contributed by atoms with E-state index < -0.39 is 0 Å². The van der Waals surface area contributed by atoms with Crippen LogP contribution in [0.4, 0.5) is 0 Å². The molecule has 0 N–H and O–H groups in total. The minimum Gasteiger partial charge on any atom is -0.0622 e. The lowest BCUT2D eigenvalue weighted by Gasteiger charge is -2.18. The Bertz CT molecular complexity index is 2250. The van der Waals surface area contributed by atoms with E-state index in [-0.39, 0.29) is 0 Å². The minimum atomic E-state index is 1.19. The van der Waals surface area contributed by atoms with E-state index in [0.29, 0.717) is 0 Å². The smallest absolute Gasteiger partial charge is 0.00262 e. The summed E-state index contributed by atoms with van der Waals surface area (Å²) >= 11 is 0. The average molecular weight is 559 g/mol. The second-order valence-corrected chi connectivity index (χ2v) is 11.3. The minimum absolute atomic E-state index is 1.19. The Morgan fingerprint density at radius 2 is 0.773 bits per heavy atom. The van der Waals surface area contributed by atoms with Crippen molar-refractivity contribution in [3.05, 3.63) is 181 Å². The average Bonchev–Trinajstić information content (AvgIpc) is 3.10. The summed E-state index contributed by atoms with van der Waals surface area (Å²) in [6, 6.07) is 61.5. The summed E-state index contributed by atoms with van der Waals surface area (Å²) in [5, 5.41) is 7.62. The van der Waals surface area contributed by atoms with Gasteiger partial charge >= 0.3 is 0 Å². The molecule has 0 nitrogen and oxygen atoms in total. The molecule has 44 heavy (non-hydrogen) atoms. The molecule has 0 aliphatic carbocycles. The van der Waals surface area contributed by atoms with Crippen LogP contribution in [0.15, 0.2) is 170 Å². The second-order valence-electron chi connectivity index (χ2n) is 11.3. The van der Waals surface area contributed by atoms with Crippen molar-refractivity contribution in [1.82, 2.24) is 0 Å². The zero-order chi connectivity index (χ0) is 29.3. The molecule has 0 aromatic heterocycles. The van der Waals surface area contributed by atoms with Gasteiger partial charge in [-0.15, -0.1) is 0 Å². The molecule has 0 atom stereocenters. The molecule has 206 valence electrons. The fraction of sp³-hybridized carbons (Fsp3) is 0. The van der Waals surface area contributed by atoms with E-state index >= 15 is 0 Å². The van der Waals surface area contributed by atoms with Gasteiger partial charge in [0, 0.05) is 0 Å². The van der Waals surface area contributed by atoms with Crippen molar-refractivity contribution in [3.8, 4) is 33.4 Å². The predicted octanol–water partition coefficient (Wildman–Crippen LogP) is 12.3. The molecule has 8 rings (SSSR count). The maximum absolute atomic E-state index is 2.33. The monoisotopic (exact) mass is 558 g/mol. The van der Waals surface area contributed by atoms with E-state index in [1.54, 1.807) is 0 Å². The van der Waals surface area contributed by atoms with E-state index in [2.05, 4.69) is 176 Å². The van der Waals surface area contributed by atoms with Gasteiger partial charge in [0.25, 0.3) is 0 Å². The molecule has 0 heterocycles. The summed E-state index contributed by atoms with van der Waals surface area (Å²) in [4.78, 5) is 0. The van der Waals surface area contributed by atoms with Crippen LogP contribution in [0.25, 0.3) is 77.9 Å². The predicted molar refractivity (Wildman–Crippen MR) is 191 cm³/mol. The lowest BCUT2D eigenvalue weighted by Crippen LogP contribution is -1.91. The van der Waals surface area contributed by atoms with Crippen LogP contribution in [0.1, 0.15) is 11.1 Å². The van der Waals surface area contributed by atoms with Crippen molar-refractivity contribution < 1.29 is 0 Å². The Kier molecular flexibility index (Phi) is 6.59. The van der Waals surface area contributed by atoms with Crippen LogP contribution in [0.3, 0.4) is 0 Å². The van der Waals surface area contributed by atoms with Crippen molar-refractivity contribution in [2.45, 2.75) is 0 Å². The van der Waals surface area contributed by atoms with Crippen LogP contribution >= 0.6 is 0 Å². The highest BCUT2D eigenvalue weighted by molar-refractivity contribution is 6.21. The zero-order valence-electron chi connectivity index (χ0n) is 24.3. The van der Waals surface area contributed by atoms with Crippen molar-refractivity contribution in [1.29, 1.82) is 0 Å². The van der Waals surface area contributed by atoms with Gasteiger partial charge < -0.3 is 0 Å². The summed E-state index contributed by atoms with van der Waals surface area (Å²) in [7, 11) is 0. The molecule has 0 aliphatic rings. The zero-order valence-corrected chi connectivity index (χ0v) is 24.3. The lowest BCUT2D eigenvalue weighted by atomic mass is 9.85. The van der Waals surface area contributed by atoms with Crippen molar-refractivity contribution in [2.24, 2.45) is 0 Å². The first-order valence-corrected chi connectivity index (χ1v) is 15.2. The number of fused-ring (bicyclic) bond motifs is 3. The van der Waals surface area contributed by atoms with E-state index in [1.807, 2.05) is 6.07 Å². The highest BCUT2D eigenvalue weighted by Crippen LogP contribution is 2.44. The Labute approximate surface area is 258 Å². The second kappa shape index (κ2) is 11.2. The Hall–Kier alpha value is -5.72. The first-order valence-electron chi connectivity index (χ1n) is 15.2. The molecule has 0 unspecified atom stereocenters. The first-order chi connectivity index (χ1) is 21.8. The van der Waals surface area contributed by atoms with Gasteiger partial charge in [0.1, 0.15) is 0 Å². The van der Waals surface area contributed by atoms with E-state index in [4.69, 9.17) is 0 Å². The molecule has 0 aliphatic heterocycles. The van der Waals surface area contributed by atoms with E-state index in [9.17, 15) is 0 Å². The SMILES string of the molecule is C(=Cc1cccc(-c2ccc(-c3c4ccccc4c(-c4ccc5ccccc5c4)c4ccccc34)cc2)c1)c1ccccc1. The quantitative estimate of drug-likeness (QED) is 0.146. The molecule has 0 spiro atoms. The highest BCUT2D eigenvalue weighted by atomic mass is 14.2.